The fraction of sp³-hybridized carbons (Fsp3) is 0.450. The molecule has 0 spiro atoms. The monoisotopic (exact) mass is 356 g/mol. The van der Waals surface area contributed by atoms with E-state index in [9.17, 15) is 4.79 Å². The molecule has 2 rings (SSSR count). The summed E-state index contributed by atoms with van der Waals surface area (Å²) in [7, 11) is 0. The highest BCUT2D eigenvalue weighted by Crippen LogP contribution is 2.17. The molecular weight excluding hydrogens is 328 g/mol. The first-order valence-corrected chi connectivity index (χ1v) is 8.83. The van der Waals surface area contributed by atoms with E-state index in [4.69, 9.17) is 5.11 Å². The molecule has 0 fully saturated rings. The number of aliphatic hydroxyl groups excluding tert-OH is 1. The van der Waals surface area contributed by atoms with Crippen LogP contribution in [0.4, 0.5) is 5.82 Å². The summed E-state index contributed by atoms with van der Waals surface area (Å²) in [6.07, 6.45) is 2.29. The van der Waals surface area contributed by atoms with E-state index in [1.54, 1.807) is 13.1 Å². The van der Waals surface area contributed by atoms with Crippen LogP contribution >= 0.6 is 0 Å². The van der Waals surface area contributed by atoms with Crippen LogP contribution in [0, 0.1) is 12.3 Å². The lowest BCUT2D eigenvalue weighted by Crippen LogP contribution is -2.28. The molecule has 6 heteroatoms. The zero-order chi connectivity index (χ0) is 19.2. The summed E-state index contributed by atoms with van der Waals surface area (Å²) in [6.45, 7) is 9.43. The second kappa shape index (κ2) is 8.76. The molecule has 1 heterocycles. The van der Waals surface area contributed by atoms with Gasteiger partial charge in [-0.05, 0) is 29.9 Å². The molecule has 2 aromatic rings. The van der Waals surface area contributed by atoms with Crippen molar-refractivity contribution in [2.75, 3.05) is 18.4 Å². The number of aryl methyl sites for hydroxylation is 1. The summed E-state index contributed by atoms with van der Waals surface area (Å²) in [4.78, 5) is 21.1. The topological polar surface area (TPSA) is 87.1 Å². The molecule has 0 atom stereocenters. The first-order valence-electron chi connectivity index (χ1n) is 8.83. The summed E-state index contributed by atoms with van der Waals surface area (Å²) in [5.41, 5.74) is 2.52. The minimum absolute atomic E-state index is 0.0365. The summed E-state index contributed by atoms with van der Waals surface area (Å²) >= 11 is 0. The highest BCUT2D eigenvalue weighted by atomic mass is 16.3. The molecule has 0 aliphatic carbocycles. The van der Waals surface area contributed by atoms with Crippen LogP contribution in [0.25, 0.3) is 0 Å². The fourth-order valence-corrected chi connectivity index (χ4v) is 2.35. The van der Waals surface area contributed by atoms with Gasteiger partial charge >= 0.3 is 0 Å². The summed E-state index contributed by atoms with van der Waals surface area (Å²) in [6, 6.07) is 7.70. The normalized spacial score (nSPS) is 11.3. The Balaban J connectivity index is 1.97. The van der Waals surface area contributed by atoms with Crippen LogP contribution in [0.15, 0.2) is 30.5 Å². The largest absolute Gasteiger partial charge is 0.392 e. The average Bonchev–Trinajstić information content (AvgIpc) is 2.60. The quantitative estimate of drug-likeness (QED) is 0.710. The molecule has 26 heavy (non-hydrogen) atoms. The van der Waals surface area contributed by atoms with Gasteiger partial charge in [-0.2, -0.15) is 0 Å². The molecule has 0 saturated carbocycles. The number of benzene rings is 1. The van der Waals surface area contributed by atoms with E-state index >= 15 is 0 Å². The Hall–Kier alpha value is -2.47. The van der Waals surface area contributed by atoms with E-state index in [0.717, 1.165) is 17.5 Å². The first-order chi connectivity index (χ1) is 12.3. The summed E-state index contributed by atoms with van der Waals surface area (Å²) in [5.74, 6) is 1.01. The van der Waals surface area contributed by atoms with Crippen LogP contribution in [0.3, 0.4) is 0 Å². The van der Waals surface area contributed by atoms with Crippen molar-refractivity contribution in [3.8, 4) is 0 Å². The van der Waals surface area contributed by atoms with Crippen molar-refractivity contribution in [1.29, 1.82) is 0 Å². The van der Waals surface area contributed by atoms with E-state index in [1.807, 2.05) is 24.3 Å². The van der Waals surface area contributed by atoms with E-state index in [0.29, 0.717) is 30.3 Å². The van der Waals surface area contributed by atoms with Gasteiger partial charge < -0.3 is 15.7 Å². The Morgan fingerprint density at radius 3 is 2.42 bits per heavy atom. The molecule has 0 unspecified atom stereocenters. The van der Waals surface area contributed by atoms with Crippen molar-refractivity contribution >= 4 is 11.7 Å². The highest BCUT2D eigenvalue weighted by Gasteiger charge is 2.16. The Labute approximate surface area is 155 Å². The molecule has 1 amide bonds. The molecule has 140 valence electrons. The Bertz CT molecular complexity index is 736. The second-order valence-electron chi connectivity index (χ2n) is 7.57. The molecular formula is C20H28N4O2. The lowest BCUT2D eigenvalue weighted by Gasteiger charge is -2.20. The van der Waals surface area contributed by atoms with E-state index in [1.165, 1.54) is 0 Å². The number of anilines is 1. The van der Waals surface area contributed by atoms with Crippen LogP contribution in [0.1, 0.15) is 48.1 Å². The number of carbonyl (C=O) groups is 1. The van der Waals surface area contributed by atoms with Crippen molar-refractivity contribution in [2.24, 2.45) is 5.41 Å². The van der Waals surface area contributed by atoms with E-state index < -0.39 is 0 Å². The zero-order valence-electron chi connectivity index (χ0n) is 16.0. The third-order valence-electron chi connectivity index (χ3n) is 3.84. The smallest absolute Gasteiger partial charge is 0.256 e. The SMILES string of the molecule is Cc1ncc(C(=O)NCCc2ccc(CO)cc2)c(NCC(C)(C)C)n1. The van der Waals surface area contributed by atoms with Gasteiger partial charge in [0, 0.05) is 19.3 Å². The van der Waals surface area contributed by atoms with Crippen molar-refractivity contribution < 1.29 is 9.90 Å². The second-order valence-corrected chi connectivity index (χ2v) is 7.57. The minimum atomic E-state index is -0.187. The standard InChI is InChI=1S/C20H28N4O2/c1-14-22-11-17(18(24-14)23-13-20(2,3)4)19(26)21-10-9-15-5-7-16(12-25)8-6-15/h5-8,11,25H,9-10,12-13H2,1-4H3,(H,21,26)(H,22,23,24). The van der Waals surface area contributed by atoms with Crippen LogP contribution < -0.4 is 10.6 Å². The van der Waals surface area contributed by atoms with Gasteiger partial charge in [-0.15, -0.1) is 0 Å². The van der Waals surface area contributed by atoms with Gasteiger partial charge in [-0.1, -0.05) is 45.0 Å². The van der Waals surface area contributed by atoms with Gasteiger partial charge in [0.15, 0.2) is 0 Å². The molecule has 1 aromatic heterocycles. The molecule has 1 aromatic carbocycles. The summed E-state index contributed by atoms with van der Waals surface area (Å²) in [5, 5.41) is 15.3. The molecule has 3 N–H and O–H groups in total. The zero-order valence-corrected chi connectivity index (χ0v) is 16.0. The predicted molar refractivity (Wildman–Crippen MR) is 103 cm³/mol. The molecule has 6 nitrogen and oxygen atoms in total. The third kappa shape index (κ3) is 6.11. The Morgan fingerprint density at radius 1 is 1.15 bits per heavy atom. The molecule has 0 aliphatic rings. The number of hydrogen-bond donors (Lipinski definition) is 3. The number of hydrogen-bond acceptors (Lipinski definition) is 5. The van der Waals surface area contributed by atoms with E-state index in [2.05, 4.69) is 41.4 Å². The van der Waals surface area contributed by atoms with Crippen molar-refractivity contribution in [3.05, 3.63) is 53.0 Å². The van der Waals surface area contributed by atoms with Gasteiger partial charge in [-0.25, -0.2) is 9.97 Å². The molecule has 0 bridgehead atoms. The molecule has 0 aliphatic heterocycles. The minimum Gasteiger partial charge on any atom is -0.392 e. The highest BCUT2D eigenvalue weighted by molar-refractivity contribution is 5.98. The Morgan fingerprint density at radius 2 is 1.81 bits per heavy atom. The maximum Gasteiger partial charge on any atom is 0.256 e. The van der Waals surface area contributed by atoms with Gasteiger partial charge in [0.25, 0.3) is 5.91 Å². The number of aromatic nitrogens is 2. The maximum absolute atomic E-state index is 12.5. The number of rotatable bonds is 7. The number of carbonyl (C=O) groups excluding carboxylic acids is 1. The van der Waals surface area contributed by atoms with Gasteiger partial charge in [-0.3, -0.25) is 4.79 Å². The number of amides is 1. The van der Waals surface area contributed by atoms with Crippen molar-refractivity contribution in [1.82, 2.24) is 15.3 Å². The van der Waals surface area contributed by atoms with Gasteiger partial charge in [0.1, 0.15) is 17.2 Å². The average molecular weight is 356 g/mol. The van der Waals surface area contributed by atoms with Crippen LogP contribution in [0.2, 0.25) is 0 Å². The summed E-state index contributed by atoms with van der Waals surface area (Å²) < 4.78 is 0. The van der Waals surface area contributed by atoms with Crippen molar-refractivity contribution in [3.63, 3.8) is 0 Å². The van der Waals surface area contributed by atoms with Crippen LogP contribution in [-0.4, -0.2) is 34.1 Å². The Kier molecular flexibility index (Phi) is 6.69. The third-order valence-corrected chi connectivity index (χ3v) is 3.84. The van der Waals surface area contributed by atoms with Gasteiger partial charge in [0.2, 0.25) is 0 Å². The number of nitrogens with zero attached hydrogens (tertiary/aromatic N) is 2. The number of aliphatic hydroxyl groups is 1. The molecule has 0 saturated heterocycles. The van der Waals surface area contributed by atoms with E-state index in [-0.39, 0.29) is 17.9 Å². The first kappa shape index (κ1) is 19.8. The van der Waals surface area contributed by atoms with Crippen molar-refractivity contribution in [2.45, 2.75) is 40.7 Å². The van der Waals surface area contributed by atoms with Crippen LogP contribution in [-0.2, 0) is 13.0 Å². The lowest BCUT2D eigenvalue weighted by atomic mass is 9.97. The van der Waals surface area contributed by atoms with Gasteiger partial charge in [0.05, 0.1) is 6.61 Å². The fourth-order valence-electron chi connectivity index (χ4n) is 2.35. The number of nitrogens with one attached hydrogen (secondary N) is 2. The van der Waals surface area contributed by atoms with Crippen LogP contribution in [0.5, 0.6) is 0 Å². The maximum atomic E-state index is 12.5. The predicted octanol–water partition coefficient (Wildman–Crippen LogP) is 2.71. The molecule has 0 radical (unpaired) electrons. The lowest BCUT2D eigenvalue weighted by molar-refractivity contribution is 0.0954.